The number of aromatic hydroxyl groups is 2. The molecule has 226 valence electrons. The topological polar surface area (TPSA) is 128 Å². The zero-order valence-corrected chi connectivity index (χ0v) is 25.3. The lowest BCUT2D eigenvalue weighted by atomic mass is 9.98. The maximum absolute atomic E-state index is 14.4. The van der Waals surface area contributed by atoms with Crippen LogP contribution >= 0.6 is 0 Å². The fraction of sp³-hybridized carbons (Fsp3) is 0.531. The highest BCUT2D eigenvalue weighted by atomic mass is 16.6. The molecule has 3 unspecified atom stereocenters. The monoisotopic (exact) mass is 569 g/mol. The summed E-state index contributed by atoms with van der Waals surface area (Å²) in [5.74, 6) is -0.904. The van der Waals surface area contributed by atoms with Crippen LogP contribution in [0.1, 0.15) is 90.8 Å². The summed E-state index contributed by atoms with van der Waals surface area (Å²) in [5, 5.41) is 26.3. The molecular formula is C32H47N3O6. The normalized spacial score (nSPS) is 13.5. The number of benzene rings is 2. The molecule has 0 saturated heterocycles. The molecule has 0 aliphatic heterocycles. The standard InChI is InChI=1S/C32H47N3O6/c1-7-9-12-20-35(28(25-14-10-11-15-27(25)37)29(38)33-22(3)13-8-2)30(39)26(34-31(40)41-32(4,5)6)21-23-16-18-24(36)19-17-23/h10-11,14-19,22,26,28,36-37H,7-9,12-13,20-21H2,1-6H3,(H,33,38)(H,34,40). The molecule has 0 fully saturated rings. The Morgan fingerprint density at radius 3 is 2.17 bits per heavy atom. The van der Waals surface area contributed by atoms with Gasteiger partial charge in [0.2, 0.25) is 11.8 Å². The van der Waals surface area contributed by atoms with E-state index < -0.39 is 35.6 Å². The van der Waals surface area contributed by atoms with Crippen LogP contribution in [0.15, 0.2) is 48.5 Å². The summed E-state index contributed by atoms with van der Waals surface area (Å²) in [6.07, 6.45) is 3.32. The Bertz CT molecular complexity index is 1130. The van der Waals surface area contributed by atoms with E-state index in [1.54, 1.807) is 51.1 Å². The first-order chi connectivity index (χ1) is 19.4. The van der Waals surface area contributed by atoms with E-state index in [9.17, 15) is 24.6 Å². The number of para-hydroxylation sites is 1. The van der Waals surface area contributed by atoms with E-state index in [-0.39, 0.29) is 30.5 Å². The van der Waals surface area contributed by atoms with E-state index in [2.05, 4.69) is 10.6 Å². The van der Waals surface area contributed by atoms with Crippen LogP contribution in [-0.4, -0.2) is 57.3 Å². The summed E-state index contributed by atoms with van der Waals surface area (Å²) >= 11 is 0. The fourth-order valence-corrected chi connectivity index (χ4v) is 4.61. The van der Waals surface area contributed by atoms with Gasteiger partial charge in [-0.25, -0.2) is 4.79 Å². The number of hydrogen-bond acceptors (Lipinski definition) is 6. The summed E-state index contributed by atoms with van der Waals surface area (Å²) in [6, 6.07) is 10.5. The van der Waals surface area contributed by atoms with Gasteiger partial charge in [-0.2, -0.15) is 0 Å². The number of nitrogens with zero attached hydrogens (tertiary/aromatic N) is 1. The molecule has 9 heteroatoms. The number of carbonyl (C=O) groups is 3. The molecule has 0 bridgehead atoms. The zero-order valence-electron chi connectivity index (χ0n) is 25.3. The summed E-state index contributed by atoms with van der Waals surface area (Å²) in [6.45, 7) is 11.4. The summed E-state index contributed by atoms with van der Waals surface area (Å²) in [7, 11) is 0. The number of unbranched alkanes of at least 4 members (excludes halogenated alkanes) is 2. The molecule has 4 N–H and O–H groups in total. The minimum atomic E-state index is -1.12. The second kappa shape index (κ2) is 15.9. The number of hydrogen-bond donors (Lipinski definition) is 4. The molecule has 0 aliphatic rings. The van der Waals surface area contributed by atoms with Crippen molar-refractivity contribution in [3.8, 4) is 11.5 Å². The van der Waals surface area contributed by atoms with E-state index in [0.717, 1.165) is 25.7 Å². The number of ether oxygens (including phenoxy) is 1. The van der Waals surface area contributed by atoms with Gasteiger partial charge in [0.05, 0.1) is 0 Å². The Labute approximate surface area is 244 Å². The van der Waals surface area contributed by atoms with Crippen molar-refractivity contribution in [3.63, 3.8) is 0 Å². The maximum atomic E-state index is 14.4. The average Bonchev–Trinajstić information content (AvgIpc) is 2.88. The lowest BCUT2D eigenvalue weighted by Gasteiger charge is -2.35. The molecule has 0 saturated carbocycles. The van der Waals surface area contributed by atoms with Crippen LogP contribution in [-0.2, 0) is 20.7 Å². The lowest BCUT2D eigenvalue weighted by molar-refractivity contribution is -0.143. The van der Waals surface area contributed by atoms with Crippen molar-refractivity contribution < 1.29 is 29.3 Å². The van der Waals surface area contributed by atoms with Gasteiger partial charge < -0.3 is 30.5 Å². The maximum Gasteiger partial charge on any atom is 0.408 e. The highest BCUT2D eigenvalue weighted by Gasteiger charge is 2.37. The van der Waals surface area contributed by atoms with Gasteiger partial charge in [-0.1, -0.05) is 63.4 Å². The van der Waals surface area contributed by atoms with Gasteiger partial charge >= 0.3 is 6.09 Å². The van der Waals surface area contributed by atoms with Crippen LogP contribution in [0, 0.1) is 0 Å². The van der Waals surface area contributed by atoms with Crippen molar-refractivity contribution in [2.45, 2.75) is 104 Å². The van der Waals surface area contributed by atoms with Gasteiger partial charge in [0.15, 0.2) is 0 Å². The molecule has 0 radical (unpaired) electrons. The van der Waals surface area contributed by atoms with Gasteiger partial charge in [-0.15, -0.1) is 0 Å². The first kappa shape index (κ1) is 33.5. The van der Waals surface area contributed by atoms with Crippen LogP contribution in [0.3, 0.4) is 0 Å². The first-order valence-electron chi connectivity index (χ1n) is 14.5. The Hall–Kier alpha value is -3.75. The number of phenols is 2. The SMILES string of the molecule is CCCCCN(C(=O)C(Cc1ccc(O)cc1)NC(=O)OC(C)(C)C)C(C(=O)NC(C)CCC)c1ccccc1O. The number of amides is 3. The third-order valence-electron chi connectivity index (χ3n) is 6.55. The van der Waals surface area contributed by atoms with Crippen LogP contribution in [0.4, 0.5) is 4.79 Å². The number of alkyl carbamates (subject to hydrolysis) is 1. The van der Waals surface area contributed by atoms with Crippen LogP contribution in [0.5, 0.6) is 11.5 Å². The highest BCUT2D eigenvalue weighted by molar-refractivity contribution is 5.92. The average molecular weight is 570 g/mol. The largest absolute Gasteiger partial charge is 0.508 e. The number of rotatable bonds is 14. The molecule has 0 aromatic heterocycles. The Morgan fingerprint density at radius 2 is 1.59 bits per heavy atom. The molecular weight excluding hydrogens is 522 g/mol. The molecule has 9 nitrogen and oxygen atoms in total. The van der Waals surface area contributed by atoms with Crippen molar-refractivity contribution in [3.05, 3.63) is 59.7 Å². The van der Waals surface area contributed by atoms with Gasteiger partial charge in [0, 0.05) is 24.6 Å². The minimum Gasteiger partial charge on any atom is -0.508 e. The fourth-order valence-electron chi connectivity index (χ4n) is 4.61. The van der Waals surface area contributed by atoms with Crippen LogP contribution < -0.4 is 10.6 Å². The van der Waals surface area contributed by atoms with Crippen molar-refractivity contribution in [1.29, 1.82) is 0 Å². The lowest BCUT2D eigenvalue weighted by Crippen LogP contribution is -2.54. The van der Waals surface area contributed by atoms with Crippen molar-refractivity contribution in [1.82, 2.24) is 15.5 Å². The van der Waals surface area contributed by atoms with Crippen molar-refractivity contribution in [2.24, 2.45) is 0 Å². The van der Waals surface area contributed by atoms with Crippen molar-refractivity contribution in [2.75, 3.05) is 6.54 Å². The van der Waals surface area contributed by atoms with E-state index in [1.807, 2.05) is 20.8 Å². The predicted molar refractivity (Wildman–Crippen MR) is 160 cm³/mol. The molecule has 3 amide bonds. The third-order valence-corrected chi connectivity index (χ3v) is 6.55. The Kier molecular flexibility index (Phi) is 13.0. The molecule has 0 heterocycles. The Balaban J connectivity index is 2.58. The van der Waals surface area contributed by atoms with E-state index in [0.29, 0.717) is 17.5 Å². The molecule has 2 aromatic rings. The number of phenolic OH excluding ortho intramolecular Hbond substituents is 2. The summed E-state index contributed by atoms with van der Waals surface area (Å²) in [5.41, 5.74) is 0.218. The summed E-state index contributed by atoms with van der Waals surface area (Å²) in [4.78, 5) is 42.6. The smallest absolute Gasteiger partial charge is 0.408 e. The molecule has 2 aromatic carbocycles. The number of carbonyl (C=O) groups excluding carboxylic acids is 3. The van der Waals surface area contributed by atoms with Gasteiger partial charge in [-0.05, 0) is 64.3 Å². The van der Waals surface area contributed by atoms with Crippen LogP contribution in [0.2, 0.25) is 0 Å². The first-order valence-corrected chi connectivity index (χ1v) is 14.5. The molecule has 0 spiro atoms. The van der Waals surface area contributed by atoms with Gasteiger partial charge in [0.25, 0.3) is 0 Å². The van der Waals surface area contributed by atoms with Crippen LogP contribution in [0.25, 0.3) is 0 Å². The van der Waals surface area contributed by atoms with Crippen molar-refractivity contribution >= 4 is 17.9 Å². The van der Waals surface area contributed by atoms with Gasteiger partial charge in [0.1, 0.15) is 29.2 Å². The highest BCUT2D eigenvalue weighted by Crippen LogP contribution is 2.31. The molecule has 3 atom stereocenters. The molecule has 0 aliphatic carbocycles. The van der Waals surface area contributed by atoms with E-state index in [1.165, 1.54) is 23.1 Å². The second-order valence-corrected chi connectivity index (χ2v) is 11.5. The zero-order chi connectivity index (χ0) is 30.6. The second-order valence-electron chi connectivity index (χ2n) is 11.5. The van der Waals surface area contributed by atoms with E-state index >= 15 is 0 Å². The third kappa shape index (κ3) is 11.0. The minimum absolute atomic E-state index is 0.0791. The Morgan fingerprint density at radius 1 is 0.927 bits per heavy atom. The predicted octanol–water partition coefficient (Wildman–Crippen LogP) is 5.60. The molecule has 41 heavy (non-hydrogen) atoms. The van der Waals surface area contributed by atoms with E-state index in [4.69, 9.17) is 4.74 Å². The number of nitrogens with one attached hydrogen (secondary N) is 2. The summed E-state index contributed by atoms with van der Waals surface area (Å²) < 4.78 is 5.46. The van der Waals surface area contributed by atoms with Gasteiger partial charge in [-0.3, -0.25) is 9.59 Å². The molecule has 2 rings (SSSR count). The quantitative estimate of drug-likeness (QED) is 0.219.